The van der Waals surface area contributed by atoms with Gasteiger partial charge in [0.15, 0.2) is 0 Å². The molecule has 5 heteroatoms. The van der Waals surface area contributed by atoms with Gasteiger partial charge in [-0.2, -0.15) is 0 Å². The molecule has 1 aromatic heterocycles. The van der Waals surface area contributed by atoms with Crippen molar-refractivity contribution in [2.75, 3.05) is 20.1 Å². The third kappa shape index (κ3) is 3.24. The summed E-state index contributed by atoms with van der Waals surface area (Å²) in [4.78, 5) is 2.29. The summed E-state index contributed by atoms with van der Waals surface area (Å²) in [5.41, 5.74) is 4.92. The van der Waals surface area contributed by atoms with Crippen LogP contribution in [-0.4, -0.2) is 29.6 Å². The van der Waals surface area contributed by atoms with Crippen molar-refractivity contribution in [1.82, 2.24) is 9.47 Å². The largest absolute Gasteiger partial charge is 0.320 e. The number of fused-ring (bicyclic) bond motifs is 3. The number of halogens is 3. The van der Waals surface area contributed by atoms with E-state index in [0.29, 0.717) is 5.57 Å². The van der Waals surface area contributed by atoms with Crippen molar-refractivity contribution in [3.63, 3.8) is 0 Å². The molecule has 0 fully saturated rings. The summed E-state index contributed by atoms with van der Waals surface area (Å²) >= 11 is 0. The highest BCUT2D eigenvalue weighted by atomic mass is 19.1. The van der Waals surface area contributed by atoms with Gasteiger partial charge in [-0.15, -0.1) is 0 Å². The van der Waals surface area contributed by atoms with Crippen LogP contribution in [0.25, 0.3) is 22.7 Å². The number of nitrogens with zero attached hydrogens (tertiary/aromatic N) is 2. The summed E-state index contributed by atoms with van der Waals surface area (Å²) < 4.78 is 43.9. The molecule has 2 heterocycles. The van der Waals surface area contributed by atoms with Crippen LogP contribution in [0, 0.1) is 24.4 Å². The third-order valence-corrected chi connectivity index (χ3v) is 5.57. The lowest BCUT2D eigenvalue weighted by atomic mass is 10.1. The van der Waals surface area contributed by atoms with Crippen LogP contribution in [0.4, 0.5) is 13.2 Å². The number of aryl methyl sites for hydroxylation is 1. The van der Waals surface area contributed by atoms with Crippen LogP contribution in [0.5, 0.6) is 0 Å². The summed E-state index contributed by atoms with van der Waals surface area (Å²) in [6.07, 6.45) is 3.57. The molecule has 1 aliphatic rings. The molecule has 1 aliphatic heterocycles. The molecule has 0 bridgehead atoms. The maximum Gasteiger partial charge on any atom is 0.136 e. The molecule has 146 valence electrons. The van der Waals surface area contributed by atoms with Crippen molar-refractivity contribution in [2.45, 2.75) is 26.7 Å². The fourth-order valence-electron chi connectivity index (χ4n) is 4.13. The van der Waals surface area contributed by atoms with Gasteiger partial charge in [-0.3, -0.25) is 0 Å². The number of aromatic nitrogens is 1. The first kappa shape index (κ1) is 18.8. The Hall–Kier alpha value is -2.53. The zero-order chi connectivity index (χ0) is 20.0. The van der Waals surface area contributed by atoms with E-state index in [9.17, 15) is 13.2 Å². The standard InChI is InChI=1S/C23H23F3N2/c1-14-4-5-21-18(10-14)17-6-8-27(3)9-7-22(17)28(21)13-15(2)23-19(25)11-16(24)12-20(23)26/h4-5,10-13H,6-9H2,1-3H3/b15-13+. The van der Waals surface area contributed by atoms with Crippen LogP contribution in [0.1, 0.15) is 29.3 Å². The number of allylic oxidation sites excluding steroid dienone is 1. The van der Waals surface area contributed by atoms with Crippen molar-refractivity contribution in [3.8, 4) is 0 Å². The first-order valence-corrected chi connectivity index (χ1v) is 9.49. The Labute approximate surface area is 162 Å². The number of benzene rings is 2. The SMILES string of the molecule is C/C(=C\n1c2c(c3cc(C)ccc31)CCN(C)CC2)c1c(F)cc(F)cc1F. The summed E-state index contributed by atoms with van der Waals surface area (Å²) in [5.74, 6) is -2.68. The normalized spacial score (nSPS) is 15.7. The molecule has 2 aromatic carbocycles. The highest BCUT2D eigenvalue weighted by Crippen LogP contribution is 2.32. The molecule has 28 heavy (non-hydrogen) atoms. The summed E-state index contributed by atoms with van der Waals surface area (Å²) in [6.45, 7) is 5.63. The lowest BCUT2D eigenvalue weighted by Gasteiger charge is -2.13. The van der Waals surface area contributed by atoms with E-state index in [1.807, 2.05) is 6.07 Å². The molecule has 0 amide bonds. The van der Waals surface area contributed by atoms with E-state index in [1.54, 1.807) is 13.1 Å². The average Bonchev–Trinajstić information content (AvgIpc) is 2.75. The van der Waals surface area contributed by atoms with E-state index in [0.717, 1.165) is 43.6 Å². The first-order chi connectivity index (χ1) is 13.3. The molecule has 0 unspecified atom stereocenters. The predicted molar refractivity (Wildman–Crippen MR) is 108 cm³/mol. The summed E-state index contributed by atoms with van der Waals surface area (Å²) in [5, 5.41) is 1.19. The monoisotopic (exact) mass is 384 g/mol. The highest BCUT2D eigenvalue weighted by molar-refractivity contribution is 5.90. The van der Waals surface area contributed by atoms with E-state index >= 15 is 0 Å². The fourth-order valence-corrected chi connectivity index (χ4v) is 4.13. The molecule has 0 saturated carbocycles. The lowest BCUT2D eigenvalue weighted by molar-refractivity contribution is 0.351. The Kier molecular flexibility index (Phi) is 4.79. The lowest BCUT2D eigenvalue weighted by Crippen LogP contribution is -2.21. The van der Waals surface area contributed by atoms with Gasteiger partial charge < -0.3 is 9.47 Å². The molecule has 0 N–H and O–H groups in total. The Morgan fingerprint density at radius 2 is 1.68 bits per heavy atom. The third-order valence-electron chi connectivity index (χ3n) is 5.57. The minimum absolute atomic E-state index is 0.185. The van der Waals surface area contributed by atoms with Crippen molar-refractivity contribution >= 4 is 22.7 Å². The molecule has 0 spiro atoms. The molecular formula is C23H23F3N2. The Bertz CT molecular complexity index is 1070. The summed E-state index contributed by atoms with van der Waals surface area (Å²) in [7, 11) is 2.11. The number of hydrogen-bond acceptors (Lipinski definition) is 1. The smallest absolute Gasteiger partial charge is 0.136 e. The first-order valence-electron chi connectivity index (χ1n) is 9.49. The fraction of sp³-hybridized carbons (Fsp3) is 0.304. The van der Waals surface area contributed by atoms with Crippen LogP contribution in [0.15, 0.2) is 30.3 Å². The predicted octanol–water partition coefficient (Wildman–Crippen LogP) is 5.42. The second kappa shape index (κ2) is 7.13. The van der Waals surface area contributed by atoms with Gasteiger partial charge in [0.1, 0.15) is 17.5 Å². The van der Waals surface area contributed by atoms with E-state index in [2.05, 4.69) is 35.6 Å². The van der Waals surface area contributed by atoms with Gasteiger partial charge in [-0.25, -0.2) is 13.2 Å². The quantitative estimate of drug-likeness (QED) is 0.573. The minimum Gasteiger partial charge on any atom is -0.320 e. The van der Waals surface area contributed by atoms with Crippen molar-refractivity contribution in [2.24, 2.45) is 0 Å². The molecule has 0 aliphatic carbocycles. The van der Waals surface area contributed by atoms with Crippen LogP contribution >= 0.6 is 0 Å². The Balaban J connectivity index is 1.93. The molecule has 0 radical (unpaired) electrons. The van der Waals surface area contributed by atoms with Gasteiger partial charge in [0.05, 0.1) is 11.1 Å². The minimum atomic E-state index is -0.912. The van der Waals surface area contributed by atoms with Crippen molar-refractivity contribution in [3.05, 3.63) is 70.2 Å². The molecule has 3 aromatic rings. The molecular weight excluding hydrogens is 361 g/mol. The maximum absolute atomic E-state index is 14.3. The van der Waals surface area contributed by atoms with Gasteiger partial charge in [0, 0.05) is 48.9 Å². The number of hydrogen-bond donors (Lipinski definition) is 0. The highest BCUT2D eigenvalue weighted by Gasteiger charge is 2.21. The summed E-state index contributed by atoms with van der Waals surface area (Å²) in [6, 6.07) is 7.74. The molecule has 0 saturated heterocycles. The number of likely N-dealkylation sites (N-methyl/N-ethyl adjacent to an activating group) is 1. The van der Waals surface area contributed by atoms with E-state index in [4.69, 9.17) is 0 Å². The van der Waals surface area contributed by atoms with Crippen LogP contribution in [0.3, 0.4) is 0 Å². The van der Waals surface area contributed by atoms with E-state index in [-0.39, 0.29) is 5.56 Å². The second-order valence-electron chi connectivity index (χ2n) is 7.68. The van der Waals surface area contributed by atoms with Crippen LogP contribution in [-0.2, 0) is 12.8 Å². The molecule has 0 atom stereocenters. The Morgan fingerprint density at radius 3 is 2.39 bits per heavy atom. The van der Waals surface area contributed by atoms with Crippen molar-refractivity contribution < 1.29 is 13.2 Å². The van der Waals surface area contributed by atoms with Gasteiger partial charge >= 0.3 is 0 Å². The second-order valence-corrected chi connectivity index (χ2v) is 7.68. The van der Waals surface area contributed by atoms with E-state index in [1.165, 1.54) is 22.2 Å². The average molecular weight is 384 g/mol. The zero-order valence-corrected chi connectivity index (χ0v) is 16.3. The maximum atomic E-state index is 14.3. The van der Waals surface area contributed by atoms with Crippen molar-refractivity contribution in [1.29, 1.82) is 0 Å². The number of rotatable bonds is 2. The van der Waals surface area contributed by atoms with Gasteiger partial charge in [0.2, 0.25) is 0 Å². The zero-order valence-electron chi connectivity index (χ0n) is 16.3. The topological polar surface area (TPSA) is 8.17 Å². The molecule has 2 nitrogen and oxygen atoms in total. The van der Waals surface area contributed by atoms with Gasteiger partial charge in [0.25, 0.3) is 0 Å². The Morgan fingerprint density at radius 1 is 1.00 bits per heavy atom. The van der Waals surface area contributed by atoms with Crippen LogP contribution in [0.2, 0.25) is 0 Å². The molecule has 4 rings (SSSR count). The van der Waals surface area contributed by atoms with Gasteiger partial charge in [-0.05, 0) is 50.6 Å². The van der Waals surface area contributed by atoms with Crippen LogP contribution < -0.4 is 0 Å². The van der Waals surface area contributed by atoms with Gasteiger partial charge in [-0.1, -0.05) is 11.6 Å². The van der Waals surface area contributed by atoms with E-state index < -0.39 is 17.5 Å².